The molecule has 0 saturated heterocycles. The first-order valence-corrected chi connectivity index (χ1v) is 20.3. The summed E-state index contributed by atoms with van der Waals surface area (Å²) in [5, 5.41) is 4.66. The van der Waals surface area contributed by atoms with Gasteiger partial charge in [0, 0.05) is 69.9 Å². The number of aromatic nitrogens is 3. The van der Waals surface area contributed by atoms with E-state index in [2.05, 4.69) is 217 Å². The maximum absolute atomic E-state index is 6.95. The van der Waals surface area contributed by atoms with E-state index in [1.165, 1.54) is 50.0 Å². The van der Waals surface area contributed by atoms with E-state index in [1.54, 1.807) is 0 Å². The average Bonchev–Trinajstić information content (AvgIpc) is 3.91. The van der Waals surface area contributed by atoms with E-state index >= 15 is 0 Å². The van der Waals surface area contributed by atoms with Crippen LogP contribution in [0.3, 0.4) is 0 Å². The number of nitrogens with zero attached hydrogens (tertiary/aromatic N) is 5. The van der Waals surface area contributed by atoms with Gasteiger partial charge in [-0.1, -0.05) is 106 Å². The zero-order chi connectivity index (χ0) is 39.8. The Kier molecular flexibility index (Phi) is 7.92. The molecule has 1 aliphatic heterocycles. The third-order valence-electron chi connectivity index (χ3n) is 12.0. The number of fused-ring (bicyclic) bond motifs is 7. The number of hydrogen-bond acceptors (Lipinski definition) is 4. The maximum atomic E-state index is 6.95. The van der Waals surface area contributed by atoms with Crippen molar-refractivity contribution >= 4 is 66.4 Å². The molecule has 0 radical (unpaired) electrons. The lowest BCUT2D eigenvalue weighted by Gasteiger charge is -2.26. The summed E-state index contributed by atoms with van der Waals surface area (Å²) in [5.41, 5.74) is 12.5. The Morgan fingerprint density at radius 3 is 1.97 bits per heavy atom. The second kappa shape index (κ2) is 13.4. The van der Waals surface area contributed by atoms with Crippen molar-refractivity contribution in [2.45, 2.75) is 26.2 Å². The van der Waals surface area contributed by atoms with E-state index < -0.39 is 0 Å². The van der Waals surface area contributed by atoms with Crippen LogP contribution in [-0.4, -0.2) is 20.8 Å². The highest BCUT2D eigenvalue weighted by atomic mass is 16.5. The Hall–Kier alpha value is -7.31. The standard InChI is InChI=1S/C53H43N5O/c1-53(2,3)37-28-39(57-34-56(38-17-9-6-10-18-38)48-21-13-14-22-49(48)57)30-41(29-37)59-40-24-25-43-44-27-36(35-15-7-5-8-16-35)23-26-47(44)58(51(43)31-40)52-32-50-45(33-54-52)42-19-11-12-20-46(42)55(50)4/h5-33H,34H2,1-4H3. The van der Waals surface area contributed by atoms with E-state index in [4.69, 9.17) is 9.72 Å². The maximum Gasteiger partial charge on any atom is 0.139 e. The van der Waals surface area contributed by atoms with Crippen LogP contribution >= 0.6 is 0 Å². The van der Waals surface area contributed by atoms with Gasteiger partial charge in [0.2, 0.25) is 0 Å². The summed E-state index contributed by atoms with van der Waals surface area (Å²) in [6.45, 7) is 7.48. The van der Waals surface area contributed by atoms with Crippen molar-refractivity contribution < 1.29 is 4.74 Å². The predicted molar refractivity (Wildman–Crippen MR) is 245 cm³/mol. The van der Waals surface area contributed by atoms with Gasteiger partial charge < -0.3 is 19.1 Å². The number of benzene rings is 7. The summed E-state index contributed by atoms with van der Waals surface area (Å²) >= 11 is 0. The summed E-state index contributed by atoms with van der Waals surface area (Å²) in [6.07, 6.45) is 2.03. The topological polar surface area (TPSA) is 38.5 Å². The molecule has 11 rings (SSSR count). The van der Waals surface area contributed by atoms with Crippen molar-refractivity contribution in [1.29, 1.82) is 0 Å². The van der Waals surface area contributed by atoms with Crippen molar-refractivity contribution in [3.8, 4) is 28.4 Å². The molecule has 0 atom stereocenters. The Morgan fingerprint density at radius 2 is 1.19 bits per heavy atom. The van der Waals surface area contributed by atoms with Gasteiger partial charge in [0.25, 0.3) is 0 Å². The minimum Gasteiger partial charge on any atom is -0.457 e. The molecule has 0 spiro atoms. The monoisotopic (exact) mass is 765 g/mol. The number of pyridine rings is 1. The van der Waals surface area contributed by atoms with E-state index in [0.717, 1.165) is 50.3 Å². The lowest BCUT2D eigenvalue weighted by Crippen LogP contribution is -2.24. The molecule has 10 aromatic rings. The highest BCUT2D eigenvalue weighted by Crippen LogP contribution is 2.46. The fraction of sp³-hybridized carbons (Fsp3) is 0.113. The molecule has 59 heavy (non-hydrogen) atoms. The third kappa shape index (κ3) is 5.82. The zero-order valence-electron chi connectivity index (χ0n) is 33.6. The second-order valence-electron chi connectivity index (χ2n) is 16.6. The third-order valence-corrected chi connectivity index (χ3v) is 12.0. The van der Waals surface area contributed by atoms with Crippen LogP contribution in [0.5, 0.6) is 11.5 Å². The molecule has 0 saturated carbocycles. The Labute approximate surface area is 343 Å². The van der Waals surface area contributed by atoms with E-state index in [9.17, 15) is 0 Å². The summed E-state index contributed by atoms with van der Waals surface area (Å²) in [5.74, 6) is 2.42. The molecular weight excluding hydrogens is 723 g/mol. The molecule has 6 nitrogen and oxygen atoms in total. The fourth-order valence-corrected chi connectivity index (χ4v) is 8.92. The summed E-state index contributed by atoms with van der Waals surface area (Å²) in [6, 6.07) is 60.6. The van der Waals surface area contributed by atoms with Gasteiger partial charge in [-0.3, -0.25) is 4.57 Å². The summed E-state index contributed by atoms with van der Waals surface area (Å²) in [4.78, 5) is 9.91. The summed E-state index contributed by atoms with van der Waals surface area (Å²) < 4.78 is 11.5. The van der Waals surface area contributed by atoms with Gasteiger partial charge in [-0.05, 0) is 88.8 Å². The lowest BCUT2D eigenvalue weighted by molar-refractivity contribution is 0.479. The number of para-hydroxylation sites is 4. The molecule has 1 aliphatic rings. The first-order valence-electron chi connectivity index (χ1n) is 20.3. The number of rotatable bonds is 6. The molecule has 0 amide bonds. The lowest BCUT2D eigenvalue weighted by atomic mass is 9.86. The van der Waals surface area contributed by atoms with Crippen LogP contribution in [0, 0.1) is 0 Å². The normalized spacial score (nSPS) is 12.9. The van der Waals surface area contributed by atoms with Crippen LogP contribution in [0.2, 0.25) is 0 Å². The fourth-order valence-electron chi connectivity index (χ4n) is 8.92. The van der Waals surface area contributed by atoms with Gasteiger partial charge in [0.1, 0.15) is 24.0 Å². The van der Waals surface area contributed by atoms with Crippen LogP contribution in [0.15, 0.2) is 176 Å². The first-order chi connectivity index (χ1) is 28.8. The highest BCUT2D eigenvalue weighted by molar-refractivity contribution is 6.12. The second-order valence-corrected chi connectivity index (χ2v) is 16.6. The van der Waals surface area contributed by atoms with Crippen molar-refractivity contribution in [3.63, 3.8) is 0 Å². The molecule has 286 valence electrons. The Bertz CT molecular complexity index is 3230. The largest absolute Gasteiger partial charge is 0.457 e. The van der Waals surface area contributed by atoms with Crippen molar-refractivity contribution in [2.75, 3.05) is 16.5 Å². The molecule has 0 bridgehead atoms. The van der Waals surface area contributed by atoms with Gasteiger partial charge >= 0.3 is 0 Å². The Balaban J connectivity index is 1.05. The SMILES string of the molecule is Cn1c2ccccc2c2cnc(-n3c4ccc(-c5ccccc5)cc4c4ccc(Oc5cc(N6CN(c7ccccc7)c7ccccc76)cc(C(C)(C)C)c5)cc43)cc21. The Morgan fingerprint density at radius 1 is 0.492 bits per heavy atom. The number of aryl methyl sites for hydroxylation is 1. The van der Waals surface area contributed by atoms with E-state index in [0.29, 0.717) is 6.67 Å². The minimum absolute atomic E-state index is 0.106. The van der Waals surface area contributed by atoms with Gasteiger partial charge in [-0.25, -0.2) is 4.98 Å². The smallest absolute Gasteiger partial charge is 0.139 e. The van der Waals surface area contributed by atoms with Crippen LogP contribution in [0.4, 0.5) is 22.7 Å². The number of hydrogen-bond donors (Lipinski definition) is 0. The number of ether oxygens (including phenoxy) is 1. The van der Waals surface area contributed by atoms with Gasteiger partial charge in [0.15, 0.2) is 0 Å². The first kappa shape index (κ1) is 34.9. The molecular formula is C53H43N5O. The molecule has 0 N–H and O–H groups in total. The molecule has 0 fully saturated rings. The van der Waals surface area contributed by atoms with Crippen molar-refractivity contribution in [3.05, 3.63) is 182 Å². The van der Waals surface area contributed by atoms with E-state index in [-0.39, 0.29) is 5.41 Å². The quantitative estimate of drug-likeness (QED) is 0.169. The molecule has 6 heteroatoms. The van der Waals surface area contributed by atoms with Gasteiger partial charge in [0.05, 0.1) is 27.9 Å². The zero-order valence-corrected chi connectivity index (χ0v) is 33.6. The molecule has 7 aromatic carbocycles. The van der Waals surface area contributed by atoms with Gasteiger partial charge in [-0.15, -0.1) is 0 Å². The molecule has 0 aliphatic carbocycles. The summed E-state index contributed by atoms with van der Waals surface area (Å²) in [7, 11) is 2.14. The van der Waals surface area contributed by atoms with Crippen LogP contribution in [-0.2, 0) is 12.5 Å². The van der Waals surface area contributed by atoms with Crippen LogP contribution in [0.25, 0.3) is 60.6 Å². The van der Waals surface area contributed by atoms with E-state index in [1.807, 2.05) is 6.20 Å². The van der Waals surface area contributed by atoms with Crippen molar-refractivity contribution in [1.82, 2.24) is 14.1 Å². The molecule has 4 heterocycles. The van der Waals surface area contributed by atoms with Crippen molar-refractivity contribution in [2.24, 2.45) is 7.05 Å². The number of anilines is 4. The molecule has 3 aromatic heterocycles. The minimum atomic E-state index is -0.106. The predicted octanol–water partition coefficient (Wildman–Crippen LogP) is 13.8. The molecule has 0 unspecified atom stereocenters. The highest BCUT2D eigenvalue weighted by Gasteiger charge is 2.29. The van der Waals surface area contributed by atoms with Crippen LogP contribution < -0.4 is 14.5 Å². The average molecular weight is 766 g/mol. The van der Waals surface area contributed by atoms with Crippen LogP contribution in [0.1, 0.15) is 26.3 Å². The van der Waals surface area contributed by atoms with Gasteiger partial charge in [-0.2, -0.15) is 0 Å².